The summed E-state index contributed by atoms with van der Waals surface area (Å²) < 4.78 is 73.5. The van der Waals surface area contributed by atoms with Gasteiger partial charge in [0.1, 0.15) is 5.82 Å². The standard InChI is InChI=1S/C16H14F4O3S/c17-14-3-1-2-12(8-14)15(21)7-10-4-11(9-24(22)23)6-13(5-10)16(18,19)20/h1-6,8,15,21H,7,9H2,(H,22,23)/p-1/t15-/m1/s1. The molecule has 0 fully saturated rings. The number of hydrogen-bond donors (Lipinski definition) is 1. The van der Waals surface area contributed by atoms with Gasteiger partial charge in [-0.05, 0) is 41.0 Å². The lowest BCUT2D eigenvalue weighted by molar-refractivity contribution is -0.137. The molecule has 0 aliphatic rings. The highest BCUT2D eigenvalue weighted by atomic mass is 32.2. The second kappa shape index (κ2) is 7.42. The lowest BCUT2D eigenvalue weighted by atomic mass is 9.98. The van der Waals surface area contributed by atoms with Crippen molar-refractivity contribution in [3.63, 3.8) is 0 Å². The van der Waals surface area contributed by atoms with Crippen LogP contribution in [0.5, 0.6) is 0 Å². The van der Waals surface area contributed by atoms with E-state index >= 15 is 0 Å². The number of benzene rings is 2. The number of aliphatic hydroxyl groups is 1. The van der Waals surface area contributed by atoms with Crippen molar-refractivity contribution in [2.24, 2.45) is 0 Å². The number of alkyl halides is 3. The summed E-state index contributed by atoms with van der Waals surface area (Å²) in [6.07, 6.45) is -6.06. The van der Waals surface area contributed by atoms with E-state index in [4.69, 9.17) is 0 Å². The van der Waals surface area contributed by atoms with Crippen molar-refractivity contribution >= 4 is 11.1 Å². The Hall–Kier alpha value is -1.77. The smallest absolute Gasteiger partial charge is 0.416 e. The molecule has 0 amide bonds. The van der Waals surface area contributed by atoms with Crippen LogP contribution in [0.3, 0.4) is 0 Å². The van der Waals surface area contributed by atoms with Gasteiger partial charge < -0.3 is 9.66 Å². The molecule has 0 saturated heterocycles. The van der Waals surface area contributed by atoms with Crippen LogP contribution >= 0.6 is 0 Å². The van der Waals surface area contributed by atoms with Gasteiger partial charge in [-0.25, -0.2) is 4.39 Å². The fraction of sp³-hybridized carbons (Fsp3) is 0.250. The Morgan fingerprint density at radius 2 is 1.79 bits per heavy atom. The predicted molar refractivity (Wildman–Crippen MR) is 79.1 cm³/mol. The van der Waals surface area contributed by atoms with Crippen LogP contribution < -0.4 is 0 Å². The minimum atomic E-state index is -4.64. The molecule has 0 radical (unpaired) electrons. The maximum Gasteiger partial charge on any atom is 0.416 e. The maximum absolute atomic E-state index is 13.2. The third kappa shape index (κ3) is 5.12. The minimum absolute atomic E-state index is 0.0281. The summed E-state index contributed by atoms with van der Waals surface area (Å²) in [6, 6.07) is 8.00. The Balaban J connectivity index is 2.32. The van der Waals surface area contributed by atoms with E-state index in [1.54, 1.807) is 0 Å². The van der Waals surface area contributed by atoms with Gasteiger partial charge in [-0.1, -0.05) is 29.3 Å². The molecule has 2 aromatic rings. The summed E-state index contributed by atoms with van der Waals surface area (Å²) in [7, 11) is 0. The predicted octanol–water partition coefficient (Wildman–Crippen LogP) is 3.50. The lowest BCUT2D eigenvalue weighted by Crippen LogP contribution is -2.09. The quantitative estimate of drug-likeness (QED) is 0.655. The molecular weight excluding hydrogens is 348 g/mol. The van der Waals surface area contributed by atoms with Gasteiger partial charge in [-0.15, -0.1) is 0 Å². The highest BCUT2D eigenvalue weighted by Gasteiger charge is 2.31. The van der Waals surface area contributed by atoms with Crippen molar-refractivity contribution in [3.05, 3.63) is 70.5 Å². The number of halogens is 4. The van der Waals surface area contributed by atoms with Crippen LogP contribution in [-0.4, -0.2) is 13.9 Å². The van der Waals surface area contributed by atoms with Gasteiger partial charge in [0.2, 0.25) is 0 Å². The van der Waals surface area contributed by atoms with Gasteiger partial charge in [-0.2, -0.15) is 13.2 Å². The van der Waals surface area contributed by atoms with Gasteiger partial charge in [-0.3, -0.25) is 4.21 Å². The van der Waals surface area contributed by atoms with Crippen LogP contribution in [0.2, 0.25) is 0 Å². The van der Waals surface area contributed by atoms with Gasteiger partial charge in [0.15, 0.2) is 0 Å². The molecular formula is C16H13F4O3S-. The summed E-state index contributed by atoms with van der Waals surface area (Å²) >= 11 is -2.54. The van der Waals surface area contributed by atoms with E-state index in [-0.39, 0.29) is 23.1 Å². The first kappa shape index (κ1) is 18.6. The molecule has 1 N–H and O–H groups in total. The Bertz CT molecular complexity index is 746. The van der Waals surface area contributed by atoms with Crippen molar-refractivity contribution in [2.45, 2.75) is 24.5 Å². The molecule has 0 aliphatic heterocycles. The molecule has 0 aromatic heterocycles. The van der Waals surface area contributed by atoms with Crippen LogP contribution in [0.25, 0.3) is 0 Å². The summed E-state index contributed by atoms with van der Waals surface area (Å²) in [5.41, 5.74) is -0.685. The van der Waals surface area contributed by atoms with Crippen LogP contribution in [0, 0.1) is 5.82 Å². The molecule has 0 bridgehead atoms. The topological polar surface area (TPSA) is 60.4 Å². The van der Waals surface area contributed by atoms with Crippen LogP contribution in [0.1, 0.15) is 28.4 Å². The van der Waals surface area contributed by atoms with Crippen molar-refractivity contribution in [1.82, 2.24) is 0 Å². The molecule has 2 atom stereocenters. The molecule has 0 aliphatic carbocycles. The van der Waals surface area contributed by atoms with Gasteiger partial charge in [0.05, 0.1) is 11.7 Å². The Labute approximate surface area is 138 Å². The first-order valence-electron chi connectivity index (χ1n) is 6.84. The van der Waals surface area contributed by atoms with Crippen LogP contribution in [-0.2, 0) is 29.4 Å². The van der Waals surface area contributed by atoms with E-state index in [0.29, 0.717) is 0 Å². The average molecular weight is 361 g/mol. The van der Waals surface area contributed by atoms with Crippen LogP contribution in [0.15, 0.2) is 42.5 Å². The van der Waals surface area contributed by atoms with E-state index < -0.39 is 40.5 Å². The number of aliphatic hydroxyl groups excluding tert-OH is 1. The zero-order valence-electron chi connectivity index (χ0n) is 12.2. The average Bonchev–Trinajstić information content (AvgIpc) is 2.45. The summed E-state index contributed by atoms with van der Waals surface area (Å²) in [5, 5.41) is 10.1. The fourth-order valence-corrected chi connectivity index (χ4v) is 2.76. The third-order valence-electron chi connectivity index (χ3n) is 3.33. The normalized spacial score (nSPS) is 14.4. The molecule has 3 nitrogen and oxygen atoms in total. The SMILES string of the molecule is O=S([O-])Cc1cc(C[C@@H](O)c2cccc(F)c2)cc(C(F)(F)F)c1. The fourth-order valence-electron chi connectivity index (χ4n) is 2.32. The first-order valence-corrected chi connectivity index (χ1v) is 8.09. The highest BCUT2D eigenvalue weighted by molar-refractivity contribution is 7.78. The third-order valence-corrected chi connectivity index (χ3v) is 3.90. The van der Waals surface area contributed by atoms with Gasteiger partial charge in [0.25, 0.3) is 0 Å². The Morgan fingerprint density at radius 1 is 1.12 bits per heavy atom. The van der Waals surface area contributed by atoms with E-state index in [1.165, 1.54) is 24.3 Å². The summed E-state index contributed by atoms with van der Waals surface area (Å²) in [6.45, 7) is 0. The van der Waals surface area contributed by atoms with Crippen molar-refractivity contribution in [3.8, 4) is 0 Å². The van der Waals surface area contributed by atoms with Crippen LogP contribution in [0.4, 0.5) is 17.6 Å². The number of hydrogen-bond acceptors (Lipinski definition) is 3. The highest BCUT2D eigenvalue weighted by Crippen LogP contribution is 2.32. The molecule has 8 heteroatoms. The molecule has 0 saturated carbocycles. The second-order valence-corrected chi connectivity index (χ2v) is 6.16. The summed E-state index contributed by atoms with van der Waals surface area (Å²) in [5.74, 6) is -1.13. The van der Waals surface area contributed by atoms with Crippen molar-refractivity contribution in [2.75, 3.05) is 0 Å². The Morgan fingerprint density at radius 3 is 2.38 bits per heavy atom. The minimum Gasteiger partial charge on any atom is -0.772 e. The van der Waals surface area contributed by atoms with E-state index in [9.17, 15) is 31.4 Å². The number of rotatable bonds is 5. The molecule has 1 unspecified atom stereocenters. The van der Waals surface area contributed by atoms with Crippen molar-refractivity contribution in [1.29, 1.82) is 0 Å². The zero-order chi connectivity index (χ0) is 17.9. The molecule has 24 heavy (non-hydrogen) atoms. The zero-order valence-corrected chi connectivity index (χ0v) is 13.0. The van der Waals surface area contributed by atoms with Gasteiger partial charge >= 0.3 is 6.18 Å². The molecule has 2 aromatic carbocycles. The maximum atomic E-state index is 13.2. The first-order chi connectivity index (χ1) is 11.1. The van der Waals surface area contributed by atoms with Gasteiger partial charge in [0, 0.05) is 12.2 Å². The van der Waals surface area contributed by atoms with E-state index in [2.05, 4.69) is 0 Å². The lowest BCUT2D eigenvalue weighted by Gasteiger charge is -2.16. The summed E-state index contributed by atoms with van der Waals surface area (Å²) in [4.78, 5) is 0. The largest absolute Gasteiger partial charge is 0.772 e. The molecule has 0 heterocycles. The van der Waals surface area contributed by atoms with Crippen molar-refractivity contribution < 1.29 is 31.4 Å². The monoisotopic (exact) mass is 361 g/mol. The molecule has 0 spiro atoms. The van der Waals surface area contributed by atoms with E-state index in [1.807, 2.05) is 0 Å². The molecule has 2 rings (SSSR count). The second-order valence-electron chi connectivity index (χ2n) is 5.26. The molecule has 130 valence electrons. The van der Waals surface area contributed by atoms with E-state index in [0.717, 1.165) is 18.2 Å². The Kier molecular flexibility index (Phi) is 5.74.